The van der Waals surface area contributed by atoms with Crippen molar-refractivity contribution in [2.24, 2.45) is 0 Å². The molecule has 0 fully saturated rings. The summed E-state index contributed by atoms with van der Waals surface area (Å²) in [5.74, 6) is -0.450. The van der Waals surface area contributed by atoms with Crippen LogP contribution in [0.3, 0.4) is 0 Å². The van der Waals surface area contributed by atoms with E-state index in [2.05, 4.69) is 5.32 Å². The lowest BCUT2D eigenvalue weighted by atomic mass is 10.1. The molecule has 1 amide bonds. The quantitative estimate of drug-likeness (QED) is 0.728. The molecule has 0 saturated heterocycles. The summed E-state index contributed by atoms with van der Waals surface area (Å²) in [6.07, 6.45) is -0.0533. The van der Waals surface area contributed by atoms with Crippen LogP contribution in [-0.2, 0) is 14.6 Å². The number of aryl methyl sites for hydroxylation is 1. The number of quaternary nitrogens is 1. The van der Waals surface area contributed by atoms with Crippen LogP contribution >= 0.6 is 0 Å². The minimum absolute atomic E-state index is 0.0533. The van der Waals surface area contributed by atoms with Crippen molar-refractivity contribution in [1.29, 1.82) is 0 Å². The van der Waals surface area contributed by atoms with E-state index in [0.29, 0.717) is 0 Å². The third-order valence-corrected chi connectivity index (χ3v) is 5.86. The molecular formula is C20H27N2O3S+. The van der Waals surface area contributed by atoms with E-state index >= 15 is 0 Å². The van der Waals surface area contributed by atoms with Crippen LogP contribution in [0, 0.1) is 6.92 Å². The third-order valence-electron chi connectivity index (χ3n) is 4.13. The molecule has 0 radical (unpaired) electrons. The average molecular weight is 376 g/mol. The van der Waals surface area contributed by atoms with Crippen molar-refractivity contribution in [3.8, 4) is 0 Å². The standard InChI is InChI=1S/C20H26N2O3S/c1-16-9-11-18(12-10-16)26(24,25)14-13-20(23)21-19(15-22(2)3)17-7-5-4-6-8-17/h4-12,19H,13-15H2,1-3H3,(H,21,23)/p+1/t19-/m1/s1. The highest BCUT2D eigenvalue weighted by Gasteiger charge is 2.20. The second-order valence-electron chi connectivity index (χ2n) is 6.82. The summed E-state index contributed by atoms with van der Waals surface area (Å²) in [5, 5.41) is 2.97. The lowest BCUT2D eigenvalue weighted by molar-refractivity contribution is -0.860. The van der Waals surface area contributed by atoms with Gasteiger partial charge in [0, 0.05) is 6.42 Å². The maximum absolute atomic E-state index is 12.4. The predicted molar refractivity (Wildman–Crippen MR) is 103 cm³/mol. The zero-order valence-corrected chi connectivity index (χ0v) is 16.3. The predicted octanol–water partition coefficient (Wildman–Crippen LogP) is 1.16. The van der Waals surface area contributed by atoms with Gasteiger partial charge < -0.3 is 10.2 Å². The summed E-state index contributed by atoms with van der Waals surface area (Å²) >= 11 is 0. The lowest BCUT2D eigenvalue weighted by Gasteiger charge is -2.21. The molecule has 0 spiro atoms. The van der Waals surface area contributed by atoms with Crippen LogP contribution in [-0.4, -0.2) is 40.7 Å². The first kappa shape index (κ1) is 20.1. The molecule has 0 bridgehead atoms. The van der Waals surface area contributed by atoms with Gasteiger partial charge in [0.25, 0.3) is 0 Å². The molecule has 0 heterocycles. The Hall–Kier alpha value is -2.18. The molecular weight excluding hydrogens is 348 g/mol. The molecule has 0 aliphatic rings. The fourth-order valence-corrected chi connectivity index (χ4v) is 3.94. The van der Waals surface area contributed by atoms with Gasteiger partial charge in [-0.3, -0.25) is 4.79 Å². The van der Waals surface area contributed by atoms with Crippen molar-refractivity contribution in [2.45, 2.75) is 24.3 Å². The highest BCUT2D eigenvalue weighted by atomic mass is 32.2. The molecule has 0 saturated carbocycles. The minimum Gasteiger partial charge on any atom is -0.344 e. The van der Waals surface area contributed by atoms with Gasteiger partial charge in [-0.15, -0.1) is 0 Å². The SMILES string of the molecule is Cc1ccc(S(=O)(=O)CCC(=O)N[C@H](C[NH+](C)C)c2ccccc2)cc1. The molecule has 26 heavy (non-hydrogen) atoms. The summed E-state index contributed by atoms with van der Waals surface area (Å²) in [6.45, 7) is 2.63. The maximum atomic E-state index is 12.4. The van der Waals surface area contributed by atoms with Crippen LogP contribution in [0.15, 0.2) is 59.5 Å². The normalized spacial score (nSPS) is 12.8. The molecule has 0 aromatic heterocycles. The van der Waals surface area contributed by atoms with Crippen molar-refractivity contribution in [3.05, 3.63) is 65.7 Å². The van der Waals surface area contributed by atoms with Crippen molar-refractivity contribution in [2.75, 3.05) is 26.4 Å². The van der Waals surface area contributed by atoms with Gasteiger partial charge in [0.2, 0.25) is 5.91 Å². The first-order chi connectivity index (χ1) is 12.3. The van der Waals surface area contributed by atoms with E-state index in [9.17, 15) is 13.2 Å². The number of benzene rings is 2. The number of nitrogens with one attached hydrogen (secondary N) is 2. The summed E-state index contributed by atoms with van der Waals surface area (Å²) in [5.41, 5.74) is 2.02. The molecule has 6 heteroatoms. The molecule has 2 rings (SSSR count). The van der Waals surface area contributed by atoms with Gasteiger partial charge in [0.15, 0.2) is 9.84 Å². The number of hydrogen-bond donors (Lipinski definition) is 2. The molecule has 1 atom stereocenters. The second-order valence-corrected chi connectivity index (χ2v) is 8.93. The first-order valence-electron chi connectivity index (χ1n) is 8.71. The van der Waals surface area contributed by atoms with E-state index < -0.39 is 9.84 Å². The highest BCUT2D eigenvalue weighted by molar-refractivity contribution is 7.91. The van der Waals surface area contributed by atoms with E-state index in [1.165, 1.54) is 4.90 Å². The van der Waals surface area contributed by atoms with Gasteiger partial charge in [-0.2, -0.15) is 0 Å². The van der Waals surface area contributed by atoms with Crippen molar-refractivity contribution in [3.63, 3.8) is 0 Å². The van der Waals surface area contributed by atoms with Crippen LogP contribution in [0.25, 0.3) is 0 Å². The largest absolute Gasteiger partial charge is 0.344 e. The van der Waals surface area contributed by atoms with Gasteiger partial charge in [-0.1, -0.05) is 48.0 Å². The molecule has 2 aromatic carbocycles. The monoisotopic (exact) mass is 375 g/mol. The molecule has 2 aromatic rings. The number of likely N-dealkylation sites (N-methyl/N-ethyl adjacent to an activating group) is 1. The zero-order chi connectivity index (χ0) is 19.2. The Balaban J connectivity index is 2.00. The Morgan fingerprint density at radius 3 is 2.23 bits per heavy atom. The number of hydrogen-bond acceptors (Lipinski definition) is 3. The fourth-order valence-electron chi connectivity index (χ4n) is 2.70. The van der Waals surface area contributed by atoms with Crippen molar-refractivity contribution >= 4 is 15.7 Å². The van der Waals surface area contributed by atoms with Gasteiger partial charge in [0.1, 0.15) is 12.6 Å². The van der Waals surface area contributed by atoms with Crippen LogP contribution in [0.2, 0.25) is 0 Å². The van der Waals surface area contributed by atoms with Crippen LogP contribution in [0.1, 0.15) is 23.6 Å². The smallest absolute Gasteiger partial charge is 0.221 e. The summed E-state index contributed by atoms with van der Waals surface area (Å²) in [7, 11) is 0.574. The Kier molecular flexibility index (Phi) is 6.94. The Morgan fingerprint density at radius 2 is 1.65 bits per heavy atom. The van der Waals surface area contributed by atoms with Crippen LogP contribution in [0.5, 0.6) is 0 Å². The number of amides is 1. The Bertz CT molecular complexity index is 816. The van der Waals surface area contributed by atoms with Crippen molar-refractivity contribution in [1.82, 2.24) is 5.32 Å². The average Bonchev–Trinajstić information content (AvgIpc) is 2.60. The minimum atomic E-state index is -3.46. The lowest BCUT2D eigenvalue weighted by Crippen LogP contribution is -3.06. The van der Waals surface area contributed by atoms with E-state index in [1.807, 2.05) is 51.4 Å². The topological polar surface area (TPSA) is 67.7 Å². The van der Waals surface area contributed by atoms with E-state index in [0.717, 1.165) is 17.7 Å². The van der Waals surface area contributed by atoms with Gasteiger partial charge >= 0.3 is 0 Å². The zero-order valence-electron chi connectivity index (χ0n) is 15.5. The van der Waals surface area contributed by atoms with Gasteiger partial charge in [0.05, 0.1) is 24.7 Å². The maximum Gasteiger partial charge on any atom is 0.221 e. The van der Waals surface area contributed by atoms with E-state index in [4.69, 9.17) is 0 Å². The Morgan fingerprint density at radius 1 is 1.04 bits per heavy atom. The van der Waals surface area contributed by atoms with Crippen LogP contribution in [0.4, 0.5) is 0 Å². The molecule has 0 unspecified atom stereocenters. The number of rotatable bonds is 8. The van der Waals surface area contributed by atoms with E-state index in [1.54, 1.807) is 24.3 Å². The van der Waals surface area contributed by atoms with Crippen LogP contribution < -0.4 is 10.2 Å². The van der Waals surface area contributed by atoms with Crippen molar-refractivity contribution < 1.29 is 18.1 Å². The highest BCUT2D eigenvalue weighted by Crippen LogP contribution is 2.14. The Labute approximate surface area is 156 Å². The first-order valence-corrected chi connectivity index (χ1v) is 10.4. The van der Waals surface area contributed by atoms with E-state index in [-0.39, 0.29) is 29.0 Å². The molecule has 140 valence electrons. The molecule has 0 aliphatic carbocycles. The number of sulfone groups is 1. The third kappa shape index (κ3) is 5.97. The second kappa shape index (κ2) is 8.96. The van der Waals surface area contributed by atoms with Gasteiger partial charge in [-0.25, -0.2) is 8.42 Å². The summed E-state index contributed by atoms with van der Waals surface area (Å²) in [6, 6.07) is 16.3. The summed E-state index contributed by atoms with van der Waals surface area (Å²) < 4.78 is 24.8. The molecule has 2 N–H and O–H groups in total. The fraction of sp³-hybridized carbons (Fsp3) is 0.350. The number of carbonyl (C=O) groups excluding carboxylic acids is 1. The molecule has 0 aliphatic heterocycles. The van der Waals surface area contributed by atoms with Gasteiger partial charge in [-0.05, 0) is 24.6 Å². The number of carbonyl (C=O) groups is 1. The molecule has 5 nitrogen and oxygen atoms in total. The summed E-state index contributed by atoms with van der Waals surface area (Å²) in [4.78, 5) is 13.8.